The quantitative estimate of drug-likeness (QED) is 0.837. The van der Waals surface area contributed by atoms with E-state index in [-0.39, 0.29) is 5.91 Å². The zero-order valence-electron chi connectivity index (χ0n) is 12.8. The van der Waals surface area contributed by atoms with Crippen LogP contribution in [0, 0.1) is 0 Å². The molecule has 2 aromatic rings. The fourth-order valence-electron chi connectivity index (χ4n) is 2.61. The molecule has 1 saturated heterocycles. The predicted molar refractivity (Wildman–Crippen MR) is 85.9 cm³/mol. The molecule has 8 heteroatoms. The Kier molecular flexibility index (Phi) is 3.87. The van der Waals surface area contributed by atoms with Crippen LogP contribution in [0.3, 0.4) is 0 Å². The van der Waals surface area contributed by atoms with Gasteiger partial charge in [-0.1, -0.05) is 11.2 Å². The van der Waals surface area contributed by atoms with Crippen LogP contribution in [0.5, 0.6) is 0 Å². The number of carbonyl (C=O) groups is 1. The average Bonchev–Trinajstić information content (AvgIpc) is 3.13. The summed E-state index contributed by atoms with van der Waals surface area (Å²) >= 11 is 0. The Bertz CT molecular complexity index is 790. The van der Waals surface area contributed by atoms with Gasteiger partial charge in [0, 0.05) is 25.5 Å². The maximum absolute atomic E-state index is 11.8. The Morgan fingerprint density at radius 2 is 2.08 bits per heavy atom. The highest BCUT2D eigenvalue weighted by Crippen LogP contribution is 2.24. The SMILES string of the molecule is O=C1N=CC=CC1c1noc(-c2ccc(N3CCOCC3)nc2)n1. The number of aromatic nitrogens is 3. The molecule has 24 heavy (non-hydrogen) atoms. The standard InChI is InChI=1S/C16H15N5O3/c22-15-12(2-1-5-17-15)14-19-16(24-20-14)11-3-4-13(18-10-11)21-6-8-23-9-7-21/h1-5,10,12H,6-9H2. The van der Waals surface area contributed by atoms with Crippen LogP contribution >= 0.6 is 0 Å². The summed E-state index contributed by atoms with van der Waals surface area (Å²) in [4.78, 5) is 26.4. The Morgan fingerprint density at radius 1 is 1.21 bits per heavy atom. The van der Waals surface area contributed by atoms with Gasteiger partial charge in [0.15, 0.2) is 5.82 Å². The van der Waals surface area contributed by atoms with Crippen LogP contribution in [0.15, 0.2) is 40.0 Å². The number of morpholine rings is 1. The van der Waals surface area contributed by atoms with Gasteiger partial charge >= 0.3 is 0 Å². The summed E-state index contributed by atoms with van der Waals surface area (Å²) in [7, 11) is 0. The number of nitrogens with zero attached hydrogens (tertiary/aromatic N) is 5. The van der Waals surface area contributed by atoms with E-state index in [1.807, 2.05) is 12.1 Å². The maximum atomic E-state index is 11.8. The van der Waals surface area contributed by atoms with Crippen LogP contribution in [0.2, 0.25) is 0 Å². The lowest BCUT2D eigenvalue weighted by Gasteiger charge is -2.27. The lowest BCUT2D eigenvalue weighted by molar-refractivity contribution is -0.118. The number of hydrogen-bond donors (Lipinski definition) is 0. The van der Waals surface area contributed by atoms with E-state index in [1.54, 1.807) is 18.3 Å². The average molecular weight is 325 g/mol. The van der Waals surface area contributed by atoms with E-state index in [9.17, 15) is 4.79 Å². The van der Waals surface area contributed by atoms with E-state index in [1.165, 1.54) is 6.21 Å². The molecule has 0 saturated carbocycles. The molecule has 0 spiro atoms. The van der Waals surface area contributed by atoms with Crippen molar-refractivity contribution in [3.05, 3.63) is 36.3 Å². The summed E-state index contributed by atoms with van der Waals surface area (Å²) in [5.74, 6) is 0.641. The molecule has 0 N–H and O–H groups in total. The normalized spacial score (nSPS) is 20.6. The number of carbonyl (C=O) groups excluding carboxylic acids is 1. The van der Waals surface area contributed by atoms with Gasteiger partial charge in [0.25, 0.3) is 11.8 Å². The second-order valence-electron chi connectivity index (χ2n) is 5.44. The van der Waals surface area contributed by atoms with Crippen molar-refractivity contribution >= 4 is 17.9 Å². The van der Waals surface area contributed by atoms with E-state index in [2.05, 4.69) is 25.0 Å². The van der Waals surface area contributed by atoms with Crippen molar-refractivity contribution in [3.63, 3.8) is 0 Å². The lowest BCUT2D eigenvalue weighted by atomic mass is 10.1. The number of anilines is 1. The molecule has 0 aromatic carbocycles. The van der Waals surface area contributed by atoms with Crippen LogP contribution in [0.1, 0.15) is 11.7 Å². The number of aliphatic imine (C=N–C) groups is 1. The van der Waals surface area contributed by atoms with Gasteiger partial charge in [-0.15, -0.1) is 0 Å². The fraction of sp³-hybridized carbons (Fsp3) is 0.312. The van der Waals surface area contributed by atoms with Crippen molar-refractivity contribution in [3.8, 4) is 11.5 Å². The van der Waals surface area contributed by atoms with Gasteiger partial charge < -0.3 is 14.2 Å². The molecule has 0 bridgehead atoms. The highest BCUT2D eigenvalue weighted by molar-refractivity contribution is 5.96. The highest BCUT2D eigenvalue weighted by Gasteiger charge is 2.24. The van der Waals surface area contributed by atoms with Gasteiger partial charge in [-0.05, 0) is 18.2 Å². The van der Waals surface area contributed by atoms with Gasteiger partial charge in [0.05, 0.1) is 18.8 Å². The molecule has 122 valence electrons. The molecule has 2 aliphatic heterocycles. The van der Waals surface area contributed by atoms with Crippen molar-refractivity contribution in [1.29, 1.82) is 0 Å². The molecule has 4 rings (SSSR count). The largest absolute Gasteiger partial charge is 0.378 e. The van der Waals surface area contributed by atoms with Crippen molar-refractivity contribution in [1.82, 2.24) is 15.1 Å². The number of pyridine rings is 1. The van der Waals surface area contributed by atoms with E-state index >= 15 is 0 Å². The van der Waals surface area contributed by atoms with E-state index in [0.717, 1.165) is 18.9 Å². The lowest BCUT2D eigenvalue weighted by Crippen LogP contribution is -2.36. The second-order valence-corrected chi connectivity index (χ2v) is 5.44. The first-order valence-electron chi connectivity index (χ1n) is 7.69. The summed E-state index contributed by atoms with van der Waals surface area (Å²) in [5, 5.41) is 3.89. The third-order valence-electron chi connectivity index (χ3n) is 3.91. The van der Waals surface area contributed by atoms with Crippen molar-refractivity contribution < 1.29 is 14.1 Å². The van der Waals surface area contributed by atoms with Crippen LogP contribution in [-0.2, 0) is 9.53 Å². The monoisotopic (exact) mass is 325 g/mol. The van der Waals surface area contributed by atoms with Crippen LogP contribution in [0.4, 0.5) is 5.82 Å². The van der Waals surface area contributed by atoms with Crippen molar-refractivity contribution in [2.24, 2.45) is 4.99 Å². The van der Waals surface area contributed by atoms with Gasteiger partial charge in [0.2, 0.25) is 0 Å². The summed E-state index contributed by atoms with van der Waals surface area (Å²) in [6, 6.07) is 3.80. The minimum Gasteiger partial charge on any atom is -0.378 e. The molecule has 2 aromatic heterocycles. The molecule has 0 radical (unpaired) electrons. The zero-order valence-corrected chi connectivity index (χ0v) is 12.8. The summed E-state index contributed by atoms with van der Waals surface area (Å²) in [6.07, 6.45) is 6.54. The first kappa shape index (κ1) is 14.7. The van der Waals surface area contributed by atoms with Gasteiger partial charge in [-0.3, -0.25) is 4.79 Å². The summed E-state index contributed by atoms with van der Waals surface area (Å²) in [5.41, 5.74) is 0.710. The maximum Gasteiger partial charge on any atom is 0.260 e. The molecular formula is C16H15N5O3. The topological polar surface area (TPSA) is 93.7 Å². The molecule has 8 nitrogen and oxygen atoms in total. The van der Waals surface area contributed by atoms with E-state index in [4.69, 9.17) is 9.26 Å². The predicted octanol–water partition coefficient (Wildman–Crippen LogP) is 1.22. The zero-order chi connectivity index (χ0) is 16.4. The van der Waals surface area contributed by atoms with Gasteiger partial charge in [0.1, 0.15) is 11.7 Å². The van der Waals surface area contributed by atoms with Crippen LogP contribution < -0.4 is 4.90 Å². The Morgan fingerprint density at radius 3 is 2.83 bits per heavy atom. The van der Waals surface area contributed by atoms with E-state index < -0.39 is 5.92 Å². The molecule has 1 unspecified atom stereocenters. The van der Waals surface area contributed by atoms with E-state index in [0.29, 0.717) is 30.5 Å². The number of dihydropyridines is 1. The third kappa shape index (κ3) is 2.83. The number of amides is 1. The third-order valence-corrected chi connectivity index (χ3v) is 3.91. The van der Waals surface area contributed by atoms with Crippen LogP contribution in [0.25, 0.3) is 11.5 Å². The Labute approximate surface area is 137 Å². The molecule has 1 amide bonds. The second kappa shape index (κ2) is 6.32. The molecule has 1 atom stereocenters. The minimum atomic E-state index is -0.590. The Balaban J connectivity index is 1.53. The smallest absolute Gasteiger partial charge is 0.260 e. The number of hydrogen-bond acceptors (Lipinski definition) is 7. The van der Waals surface area contributed by atoms with Gasteiger partial charge in [-0.25, -0.2) is 9.98 Å². The number of allylic oxidation sites excluding steroid dienone is 1. The molecule has 0 aliphatic carbocycles. The first-order chi connectivity index (χ1) is 11.8. The molecule has 1 fully saturated rings. The van der Waals surface area contributed by atoms with Crippen molar-refractivity contribution in [2.45, 2.75) is 5.92 Å². The first-order valence-corrected chi connectivity index (χ1v) is 7.69. The summed E-state index contributed by atoms with van der Waals surface area (Å²) in [6.45, 7) is 3.07. The number of rotatable bonds is 3. The molecule has 2 aliphatic rings. The highest BCUT2D eigenvalue weighted by atomic mass is 16.5. The fourth-order valence-corrected chi connectivity index (χ4v) is 2.61. The summed E-state index contributed by atoms with van der Waals surface area (Å²) < 4.78 is 10.6. The minimum absolute atomic E-state index is 0.300. The van der Waals surface area contributed by atoms with Gasteiger partial charge in [-0.2, -0.15) is 4.98 Å². The molecular weight excluding hydrogens is 310 g/mol. The molecule has 4 heterocycles. The number of ether oxygens (including phenoxy) is 1. The van der Waals surface area contributed by atoms with Crippen LogP contribution in [-0.4, -0.2) is 53.5 Å². The van der Waals surface area contributed by atoms with Crippen molar-refractivity contribution in [2.75, 3.05) is 31.2 Å². The Hall–Kier alpha value is -2.87.